The molecular weight excluding hydrogens is 308 g/mol. The van der Waals surface area contributed by atoms with E-state index in [1.54, 1.807) is 0 Å². The fourth-order valence-corrected chi connectivity index (χ4v) is 3.41. The first-order chi connectivity index (χ1) is 10.6. The molecule has 2 rings (SSSR count). The van der Waals surface area contributed by atoms with Crippen LogP contribution in [0.1, 0.15) is 57.9 Å². The van der Waals surface area contributed by atoms with Gasteiger partial charge in [0.2, 0.25) is 5.91 Å². The van der Waals surface area contributed by atoms with E-state index < -0.39 is 0 Å². The molecule has 1 fully saturated rings. The Morgan fingerprint density at radius 2 is 2.04 bits per heavy atom. The Morgan fingerprint density at radius 1 is 1.30 bits per heavy atom. The number of hydrogen-bond donors (Lipinski definition) is 2. The predicted octanol–water partition coefficient (Wildman–Crippen LogP) is 4.34. The van der Waals surface area contributed by atoms with Crippen LogP contribution in [0.2, 0.25) is 0 Å². The van der Waals surface area contributed by atoms with E-state index in [2.05, 4.69) is 19.2 Å². The lowest BCUT2D eigenvalue weighted by Gasteiger charge is -2.22. The minimum absolute atomic E-state index is 0. The maximum absolute atomic E-state index is 12.2. The van der Waals surface area contributed by atoms with Gasteiger partial charge in [-0.25, -0.2) is 0 Å². The number of nitrogens with two attached hydrogens (primary N) is 1. The van der Waals surface area contributed by atoms with Crippen molar-refractivity contribution >= 4 is 24.0 Å². The molecule has 0 aliphatic heterocycles. The molecule has 0 aromatic heterocycles. The summed E-state index contributed by atoms with van der Waals surface area (Å²) in [7, 11) is 0. The van der Waals surface area contributed by atoms with Gasteiger partial charge >= 0.3 is 0 Å². The van der Waals surface area contributed by atoms with Crippen molar-refractivity contribution in [2.45, 2.75) is 64.8 Å². The summed E-state index contributed by atoms with van der Waals surface area (Å²) in [5.41, 5.74) is 7.78. The Labute approximate surface area is 146 Å². The lowest BCUT2D eigenvalue weighted by molar-refractivity contribution is -0.122. The van der Waals surface area contributed by atoms with Crippen LogP contribution in [0.3, 0.4) is 0 Å². The zero-order valence-corrected chi connectivity index (χ0v) is 15.2. The lowest BCUT2D eigenvalue weighted by Crippen LogP contribution is -2.37. The number of carbonyl (C=O) groups excluding carboxylic acids is 1. The molecule has 0 spiro atoms. The van der Waals surface area contributed by atoms with Crippen molar-refractivity contribution in [3.8, 4) is 0 Å². The van der Waals surface area contributed by atoms with Crippen LogP contribution in [0, 0.1) is 11.8 Å². The standard InChI is InChI=1S/C19H30N2O.ClH/c1-14(2)10-11-16-7-5-9-18(16)21-19(22)13-12-15-6-3-4-8-17(15)20;/h3-4,6,8,14,16,18H,5,7,9-13,20H2,1-2H3,(H,21,22);1H. The number of rotatable bonds is 7. The molecule has 0 saturated heterocycles. The Bertz CT molecular complexity index is 490. The summed E-state index contributed by atoms with van der Waals surface area (Å²) in [6.45, 7) is 4.54. The molecule has 1 saturated carbocycles. The fourth-order valence-electron chi connectivity index (χ4n) is 3.41. The van der Waals surface area contributed by atoms with Gasteiger partial charge in [-0.1, -0.05) is 44.9 Å². The fraction of sp³-hybridized carbons (Fsp3) is 0.632. The summed E-state index contributed by atoms with van der Waals surface area (Å²) in [5.74, 6) is 1.59. The molecule has 1 amide bonds. The lowest BCUT2D eigenvalue weighted by atomic mass is 9.93. The second-order valence-corrected chi connectivity index (χ2v) is 7.04. The van der Waals surface area contributed by atoms with E-state index in [4.69, 9.17) is 5.73 Å². The van der Waals surface area contributed by atoms with Crippen molar-refractivity contribution in [1.82, 2.24) is 5.32 Å². The highest BCUT2D eigenvalue weighted by Gasteiger charge is 2.28. The molecule has 1 aromatic carbocycles. The van der Waals surface area contributed by atoms with E-state index in [0.29, 0.717) is 18.4 Å². The summed E-state index contributed by atoms with van der Waals surface area (Å²) in [6.07, 6.45) is 7.42. The van der Waals surface area contributed by atoms with Gasteiger partial charge in [0.15, 0.2) is 0 Å². The number of anilines is 1. The third-order valence-corrected chi connectivity index (χ3v) is 4.80. The van der Waals surface area contributed by atoms with Crippen LogP contribution in [0.5, 0.6) is 0 Å². The minimum Gasteiger partial charge on any atom is -0.399 e. The van der Waals surface area contributed by atoms with Crippen molar-refractivity contribution in [2.24, 2.45) is 11.8 Å². The van der Waals surface area contributed by atoms with Crippen LogP contribution in [0.15, 0.2) is 24.3 Å². The normalized spacial score (nSPS) is 20.3. The summed E-state index contributed by atoms with van der Waals surface area (Å²) >= 11 is 0. The molecule has 0 radical (unpaired) electrons. The van der Waals surface area contributed by atoms with Gasteiger partial charge in [0.25, 0.3) is 0 Å². The molecule has 0 heterocycles. The van der Waals surface area contributed by atoms with Gasteiger partial charge in [-0.15, -0.1) is 12.4 Å². The minimum atomic E-state index is 0. The first kappa shape index (κ1) is 19.8. The molecule has 4 heteroatoms. The molecule has 1 aliphatic rings. The van der Waals surface area contributed by atoms with Crippen LogP contribution in [0.4, 0.5) is 5.69 Å². The van der Waals surface area contributed by atoms with E-state index in [1.165, 1.54) is 25.7 Å². The van der Waals surface area contributed by atoms with Crippen molar-refractivity contribution in [3.05, 3.63) is 29.8 Å². The number of carbonyl (C=O) groups is 1. The van der Waals surface area contributed by atoms with E-state index in [9.17, 15) is 4.79 Å². The zero-order chi connectivity index (χ0) is 15.9. The summed E-state index contributed by atoms with van der Waals surface area (Å²) in [5, 5.41) is 3.26. The molecule has 0 bridgehead atoms. The van der Waals surface area contributed by atoms with Crippen molar-refractivity contribution < 1.29 is 4.79 Å². The van der Waals surface area contributed by atoms with Crippen LogP contribution in [0.25, 0.3) is 0 Å². The number of nitrogen functional groups attached to an aromatic ring is 1. The molecule has 3 nitrogen and oxygen atoms in total. The average molecular weight is 339 g/mol. The summed E-state index contributed by atoms with van der Waals surface area (Å²) < 4.78 is 0. The number of para-hydroxylation sites is 1. The molecule has 2 unspecified atom stereocenters. The number of benzene rings is 1. The number of hydrogen-bond acceptors (Lipinski definition) is 2. The van der Waals surface area contributed by atoms with Crippen LogP contribution in [-0.4, -0.2) is 11.9 Å². The molecule has 1 aromatic rings. The maximum atomic E-state index is 12.2. The Hall–Kier alpha value is -1.22. The first-order valence-electron chi connectivity index (χ1n) is 8.69. The van der Waals surface area contributed by atoms with E-state index in [-0.39, 0.29) is 18.3 Å². The van der Waals surface area contributed by atoms with E-state index in [0.717, 1.165) is 30.0 Å². The highest BCUT2D eigenvalue weighted by atomic mass is 35.5. The molecule has 3 N–H and O–H groups in total. The first-order valence-corrected chi connectivity index (χ1v) is 8.69. The van der Waals surface area contributed by atoms with Crippen molar-refractivity contribution in [3.63, 3.8) is 0 Å². The number of amides is 1. The number of halogens is 1. The number of nitrogens with one attached hydrogen (secondary N) is 1. The second-order valence-electron chi connectivity index (χ2n) is 7.04. The van der Waals surface area contributed by atoms with Gasteiger partial charge in [-0.2, -0.15) is 0 Å². The highest BCUT2D eigenvalue weighted by Crippen LogP contribution is 2.30. The topological polar surface area (TPSA) is 55.1 Å². The van der Waals surface area contributed by atoms with Crippen LogP contribution < -0.4 is 11.1 Å². The third kappa shape index (κ3) is 6.42. The van der Waals surface area contributed by atoms with Crippen molar-refractivity contribution in [2.75, 3.05) is 5.73 Å². The number of aryl methyl sites for hydroxylation is 1. The summed E-state index contributed by atoms with van der Waals surface area (Å²) in [6, 6.07) is 8.19. The molecule has 130 valence electrons. The Balaban J connectivity index is 0.00000264. The average Bonchev–Trinajstić information content (AvgIpc) is 2.91. The molecule has 2 atom stereocenters. The van der Waals surface area contributed by atoms with Crippen LogP contribution >= 0.6 is 12.4 Å². The Kier molecular flexibility index (Phi) is 8.46. The van der Waals surface area contributed by atoms with Gasteiger partial charge in [-0.3, -0.25) is 4.79 Å². The third-order valence-electron chi connectivity index (χ3n) is 4.80. The SMILES string of the molecule is CC(C)CCC1CCCC1NC(=O)CCc1ccccc1N.Cl. The van der Waals surface area contributed by atoms with E-state index >= 15 is 0 Å². The smallest absolute Gasteiger partial charge is 0.220 e. The van der Waals surface area contributed by atoms with Gasteiger partial charge in [0.1, 0.15) is 0 Å². The zero-order valence-electron chi connectivity index (χ0n) is 14.4. The van der Waals surface area contributed by atoms with Crippen LogP contribution in [-0.2, 0) is 11.2 Å². The molecule has 23 heavy (non-hydrogen) atoms. The van der Waals surface area contributed by atoms with Gasteiger partial charge in [0.05, 0.1) is 0 Å². The predicted molar refractivity (Wildman–Crippen MR) is 99.8 cm³/mol. The van der Waals surface area contributed by atoms with E-state index in [1.807, 2.05) is 24.3 Å². The molecule has 1 aliphatic carbocycles. The Morgan fingerprint density at radius 3 is 2.74 bits per heavy atom. The monoisotopic (exact) mass is 338 g/mol. The molecular formula is C19H31ClN2O. The van der Waals surface area contributed by atoms with Gasteiger partial charge < -0.3 is 11.1 Å². The van der Waals surface area contributed by atoms with Crippen molar-refractivity contribution in [1.29, 1.82) is 0 Å². The quantitative estimate of drug-likeness (QED) is 0.726. The highest BCUT2D eigenvalue weighted by molar-refractivity contribution is 5.85. The van der Waals surface area contributed by atoms with Gasteiger partial charge in [0, 0.05) is 18.2 Å². The summed E-state index contributed by atoms with van der Waals surface area (Å²) in [4.78, 5) is 12.2. The van der Waals surface area contributed by atoms with Gasteiger partial charge in [-0.05, 0) is 49.1 Å². The second kappa shape index (κ2) is 9.82. The largest absolute Gasteiger partial charge is 0.399 e. The maximum Gasteiger partial charge on any atom is 0.220 e.